The number of carbonyl (C=O) groups is 2. The van der Waals surface area contributed by atoms with E-state index >= 15 is 0 Å². The van der Waals surface area contributed by atoms with Crippen LogP contribution in [-0.2, 0) is 4.79 Å². The number of pyridine rings is 1. The molecule has 7 nitrogen and oxygen atoms in total. The number of amides is 2. The van der Waals surface area contributed by atoms with E-state index in [1.807, 2.05) is 0 Å². The Morgan fingerprint density at radius 3 is 2.62 bits per heavy atom. The van der Waals surface area contributed by atoms with E-state index in [-0.39, 0.29) is 11.7 Å². The summed E-state index contributed by atoms with van der Waals surface area (Å²) >= 11 is 1.12. The molecule has 0 radical (unpaired) electrons. The second-order valence-corrected chi connectivity index (χ2v) is 7.83. The van der Waals surface area contributed by atoms with E-state index in [1.165, 1.54) is 30.3 Å². The van der Waals surface area contributed by atoms with Gasteiger partial charge in [-0.25, -0.2) is 8.78 Å². The van der Waals surface area contributed by atoms with Gasteiger partial charge in [0.1, 0.15) is 11.6 Å². The topological polar surface area (TPSA) is 88.4 Å². The van der Waals surface area contributed by atoms with E-state index in [4.69, 9.17) is 0 Å². The van der Waals surface area contributed by atoms with Gasteiger partial charge in [0.25, 0.3) is 5.91 Å². The molecule has 0 aliphatic rings. The number of fused-ring (bicyclic) bond motifs is 1. The van der Waals surface area contributed by atoms with Crippen molar-refractivity contribution in [3.63, 3.8) is 0 Å². The summed E-state index contributed by atoms with van der Waals surface area (Å²) in [5, 5.41) is 13.8. The van der Waals surface area contributed by atoms with E-state index < -0.39 is 17.5 Å². The van der Waals surface area contributed by atoms with Crippen LogP contribution in [0.15, 0.2) is 66.0 Å². The molecule has 10 heteroatoms. The third-order valence-electron chi connectivity index (χ3n) is 4.52. The van der Waals surface area contributed by atoms with Gasteiger partial charge in [0.15, 0.2) is 10.8 Å². The van der Waals surface area contributed by atoms with E-state index in [2.05, 4.69) is 20.8 Å². The van der Waals surface area contributed by atoms with E-state index in [0.29, 0.717) is 27.7 Å². The van der Waals surface area contributed by atoms with Crippen LogP contribution in [0.1, 0.15) is 15.9 Å². The van der Waals surface area contributed by atoms with Crippen molar-refractivity contribution in [2.75, 3.05) is 16.4 Å². The summed E-state index contributed by atoms with van der Waals surface area (Å²) in [6.07, 6.45) is 1.54. The molecular formula is C22H17F2N5O2S. The van der Waals surface area contributed by atoms with Crippen LogP contribution < -0.4 is 10.6 Å². The highest BCUT2D eigenvalue weighted by molar-refractivity contribution is 7.99. The van der Waals surface area contributed by atoms with Crippen LogP contribution in [0.2, 0.25) is 0 Å². The molecule has 0 atom stereocenters. The second-order valence-electron chi connectivity index (χ2n) is 6.89. The quantitative estimate of drug-likeness (QED) is 0.425. The molecular weight excluding hydrogens is 436 g/mol. The Kier molecular flexibility index (Phi) is 6.13. The third-order valence-corrected chi connectivity index (χ3v) is 5.46. The molecule has 2 aromatic heterocycles. The zero-order valence-corrected chi connectivity index (χ0v) is 17.6. The Morgan fingerprint density at radius 1 is 1.00 bits per heavy atom. The molecule has 2 aromatic carbocycles. The van der Waals surface area contributed by atoms with Crippen molar-refractivity contribution >= 4 is 40.6 Å². The van der Waals surface area contributed by atoms with Crippen LogP contribution in [0.3, 0.4) is 0 Å². The third kappa shape index (κ3) is 4.92. The number of aromatic nitrogens is 3. The minimum Gasteiger partial charge on any atom is -0.325 e. The first-order chi connectivity index (χ1) is 15.4. The average Bonchev–Trinajstić information content (AvgIpc) is 3.17. The molecule has 4 aromatic rings. The lowest BCUT2D eigenvalue weighted by Crippen LogP contribution is -2.15. The molecule has 2 amide bonds. The number of nitrogens with one attached hydrogen (secondary N) is 2. The average molecular weight is 453 g/mol. The number of anilines is 2. The molecule has 0 spiro atoms. The Morgan fingerprint density at radius 2 is 1.81 bits per heavy atom. The number of rotatable bonds is 6. The van der Waals surface area contributed by atoms with Gasteiger partial charge in [-0.05, 0) is 55.0 Å². The predicted molar refractivity (Wildman–Crippen MR) is 118 cm³/mol. The second kappa shape index (κ2) is 9.15. The van der Waals surface area contributed by atoms with Gasteiger partial charge in [-0.1, -0.05) is 23.9 Å². The van der Waals surface area contributed by atoms with Crippen molar-refractivity contribution in [2.45, 2.75) is 12.1 Å². The Hall–Kier alpha value is -3.79. The molecule has 0 bridgehead atoms. The highest BCUT2D eigenvalue weighted by Crippen LogP contribution is 2.20. The summed E-state index contributed by atoms with van der Waals surface area (Å²) in [6, 6.07) is 12.9. The fraction of sp³-hybridized carbons (Fsp3) is 0.0909. The molecule has 32 heavy (non-hydrogen) atoms. The number of benzene rings is 2. The van der Waals surface area contributed by atoms with Crippen molar-refractivity contribution in [1.29, 1.82) is 0 Å². The molecule has 0 aliphatic carbocycles. The van der Waals surface area contributed by atoms with Crippen LogP contribution in [0, 0.1) is 18.6 Å². The monoisotopic (exact) mass is 453 g/mol. The fourth-order valence-electron chi connectivity index (χ4n) is 2.92. The number of carbonyl (C=O) groups excluding carboxylic acids is 2. The maximum absolute atomic E-state index is 13.4. The molecule has 0 fully saturated rings. The van der Waals surface area contributed by atoms with Crippen molar-refractivity contribution in [1.82, 2.24) is 14.6 Å². The van der Waals surface area contributed by atoms with Crippen LogP contribution >= 0.6 is 11.8 Å². The Labute approximate surface area is 185 Å². The Balaban J connectivity index is 1.46. The first kappa shape index (κ1) is 21.4. The molecule has 0 saturated heterocycles. The molecule has 0 aliphatic heterocycles. The summed E-state index contributed by atoms with van der Waals surface area (Å²) in [5.74, 6) is -1.65. The number of halogens is 2. The normalized spacial score (nSPS) is 10.8. The van der Waals surface area contributed by atoms with Crippen LogP contribution in [0.4, 0.5) is 20.2 Å². The summed E-state index contributed by atoms with van der Waals surface area (Å²) in [6.45, 7) is 1.77. The standard InChI is InChI=1S/C22H17F2N5O2S/c1-13-5-7-16(24)10-18(13)26-20(30)12-32-22-28-27-19-8-6-14(11-29(19)22)21(31)25-17-4-2-3-15(23)9-17/h2-11H,12H2,1H3,(H,25,31)(H,26,30). The molecule has 2 N–H and O–H groups in total. The Bertz CT molecular complexity index is 1320. The number of hydrogen-bond acceptors (Lipinski definition) is 5. The smallest absolute Gasteiger partial charge is 0.257 e. The van der Waals surface area contributed by atoms with Gasteiger partial charge >= 0.3 is 0 Å². The van der Waals surface area contributed by atoms with Gasteiger partial charge in [-0.2, -0.15) is 0 Å². The van der Waals surface area contributed by atoms with Gasteiger partial charge in [-0.15, -0.1) is 10.2 Å². The lowest BCUT2D eigenvalue weighted by molar-refractivity contribution is -0.113. The zero-order chi connectivity index (χ0) is 22.7. The van der Waals surface area contributed by atoms with Crippen molar-refractivity contribution in [3.05, 3.63) is 83.6 Å². The first-order valence-corrected chi connectivity index (χ1v) is 10.5. The zero-order valence-electron chi connectivity index (χ0n) is 16.8. The van der Waals surface area contributed by atoms with Crippen LogP contribution in [-0.4, -0.2) is 32.2 Å². The number of thioether (sulfide) groups is 1. The molecule has 0 saturated carbocycles. The van der Waals surface area contributed by atoms with Gasteiger partial charge in [0.05, 0.1) is 11.3 Å². The highest BCUT2D eigenvalue weighted by atomic mass is 32.2. The molecule has 2 heterocycles. The summed E-state index contributed by atoms with van der Waals surface area (Å²) in [7, 11) is 0. The van der Waals surface area contributed by atoms with Gasteiger partial charge < -0.3 is 10.6 Å². The summed E-state index contributed by atoms with van der Waals surface area (Å²) in [4.78, 5) is 24.8. The minimum absolute atomic E-state index is 0.0104. The van der Waals surface area contributed by atoms with Crippen molar-refractivity contribution in [3.8, 4) is 0 Å². The minimum atomic E-state index is -0.456. The van der Waals surface area contributed by atoms with Gasteiger partial charge in [-0.3, -0.25) is 14.0 Å². The van der Waals surface area contributed by atoms with E-state index in [1.54, 1.807) is 41.8 Å². The molecule has 0 unspecified atom stereocenters. The summed E-state index contributed by atoms with van der Waals surface area (Å²) in [5.41, 5.74) is 2.28. The van der Waals surface area contributed by atoms with Crippen LogP contribution in [0.25, 0.3) is 5.65 Å². The number of aryl methyl sites for hydroxylation is 1. The SMILES string of the molecule is Cc1ccc(F)cc1NC(=O)CSc1nnc2ccc(C(=O)Nc3cccc(F)c3)cn12. The van der Waals surface area contributed by atoms with Gasteiger partial charge in [0, 0.05) is 17.6 Å². The molecule has 4 rings (SSSR count). The largest absolute Gasteiger partial charge is 0.325 e. The number of hydrogen-bond donors (Lipinski definition) is 2. The fourth-order valence-corrected chi connectivity index (χ4v) is 3.63. The first-order valence-electron chi connectivity index (χ1n) is 9.49. The van der Waals surface area contributed by atoms with E-state index in [9.17, 15) is 18.4 Å². The molecule has 162 valence electrons. The van der Waals surface area contributed by atoms with Crippen molar-refractivity contribution < 1.29 is 18.4 Å². The van der Waals surface area contributed by atoms with E-state index in [0.717, 1.165) is 17.3 Å². The lowest BCUT2D eigenvalue weighted by Gasteiger charge is -2.08. The lowest BCUT2D eigenvalue weighted by atomic mass is 10.2. The van der Waals surface area contributed by atoms with Crippen LogP contribution in [0.5, 0.6) is 0 Å². The maximum Gasteiger partial charge on any atom is 0.257 e. The van der Waals surface area contributed by atoms with Gasteiger partial charge in [0.2, 0.25) is 5.91 Å². The highest BCUT2D eigenvalue weighted by Gasteiger charge is 2.14. The van der Waals surface area contributed by atoms with Crippen molar-refractivity contribution in [2.24, 2.45) is 0 Å². The maximum atomic E-state index is 13.4. The predicted octanol–water partition coefficient (Wildman–Crippen LogP) is 4.30. The summed E-state index contributed by atoms with van der Waals surface area (Å²) < 4.78 is 28.3. The number of nitrogens with zero attached hydrogens (tertiary/aromatic N) is 3.